The van der Waals surface area contributed by atoms with Gasteiger partial charge >= 0.3 is 0 Å². The summed E-state index contributed by atoms with van der Waals surface area (Å²) in [6, 6.07) is 20.3. The van der Waals surface area contributed by atoms with Crippen LogP contribution in [0.1, 0.15) is 61.3 Å². The van der Waals surface area contributed by atoms with Crippen molar-refractivity contribution < 1.29 is 0 Å². The van der Waals surface area contributed by atoms with Gasteiger partial charge in [0.15, 0.2) is 11.9 Å². The highest BCUT2D eigenvalue weighted by molar-refractivity contribution is 5.85. The first-order chi connectivity index (χ1) is 23.3. The number of terminal acetylenes is 1. The molecule has 0 aliphatic rings. The molecule has 0 fully saturated rings. The number of hydrogen-bond donors (Lipinski definition) is 4. The van der Waals surface area contributed by atoms with E-state index >= 15 is 0 Å². The third kappa shape index (κ3) is 17.6. The molecular formula is C36H46Cl2N12. The average Bonchev–Trinajstić information content (AvgIpc) is 3.83. The van der Waals surface area contributed by atoms with Crippen molar-refractivity contribution in [1.29, 1.82) is 0 Å². The van der Waals surface area contributed by atoms with Gasteiger partial charge in [0.05, 0.1) is 24.6 Å². The molecule has 0 bridgehead atoms. The van der Waals surface area contributed by atoms with Crippen LogP contribution >= 0.6 is 24.8 Å². The molecule has 5 aromatic rings. The Balaban J connectivity index is 0.000000408. The van der Waals surface area contributed by atoms with Gasteiger partial charge in [0, 0.05) is 35.5 Å². The van der Waals surface area contributed by atoms with Crippen LogP contribution in [0, 0.1) is 12.3 Å². The molecule has 3 aromatic heterocycles. The number of allylic oxidation sites excluding steroid dienone is 1. The Bertz CT molecular complexity index is 1790. The third-order valence-corrected chi connectivity index (χ3v) is 6.75. The van der Waals surface area contributed by atoms with E-state index in [2.05, 4.69) is 71.3 Å². The van der Waals surface area contributed by atoms with E-state index in [1.54, 1.807) is 12.4 Å². The van der Waals surface area contributed by atoms with Crippen LogP contribution in [0.3, 0.4) is 0 Å². The molecule has 0 aliphatic heterocycles. The van der Waals surface area contributed by atoms with Crippen LogP contribution in [-0.2, 0) is 25.8 Å². The number of azide groups is 1. The molecule has 0 saturated heterocycles. The first kappa shape index (κ1) is 42.6. The Kier molecular flexibility index (Phi) is 21.0. The third-order valence-electron chi connectivity index (χ3n) is 6.75. The van der Waals surface area contributed by atoms with E-state index in [1.807, 2.05) is 72.4 Å². The molecule has 264 valence electrons. The molecule has 0 spiro atoms. The molecule has 0 atom stereocenters. The Morgan fingerprint density at radius 1 is 0.860 bits per heavy atom. The Morgan fingerprint density at radius 2 is 1.40 bits per heavy atom. The monoisotopic (exact) mass is 716 g/mol. The van der Waals surface area contributed by atoms with E-state index < -0.39 is 0 Å². The molecule has 0 unspecified atom stereocenters. The minimum Gasteiger partial charge on any atom is -0.369 e. The average molecular weight is 718 g/mol. The number of nitrogens with zero attached hydrogens (tertiary/aromatic N) is 8. The Morgan fingerprint density at radius 3 is 1.90 bits per heavy atom. The highest BCUT2D eigenvalue weighted by Crippen LogP contribution is 2.10. The SMILES string of the molecule is C#CCCCc1cnc(N)[nH]1.C/C(=C\c1ccccc1)CN=[N+]=[N-].C/C(=C\c1ccccc1)Cn1cc(CCCc2cnc(N)[nH]2)nn1.Cl.Cl. The lowest BCUT2D eigenvalue weighted by atomic mass is 10.1. The van der Waals surface area contributed by atoms with Crippen LogP contribution in [0.5, 0.6) is 0 Å². The van der Waals surface area contributed by atoms with Gasteiger partial charge in [0.2, 0.25) is 0 Å². The lowest BCUT2D eigenvalue weighted by Crippen LogP contribution is -1.99. The van der Waals surface area contributed by atoms with Gasteiger partial charge in [0.25, 0.3) is 0 Å². The number of halogens is 2. The second kappa shape index (κ2) is 24.6. The summed E-state index contributed by atoms with van der Waals surface area (Å²) in [7, 11) is 0. The summed E-state index contributed by atoms with van der Waals surface area (Å²) in [4.78, 5) is 16.5. The van der Waals surface area contributed by atoms with Crippen molar-refractivity contribution in [3.05, 3.63) is 129 Å². The molecule has 14 heteroatoms. The molecular weight excluding hydrogens is 671 g/mol. The molecule has 0 aliphatic carbocycles. The van der Waals surface area contributed by atoms with Crippen LogP contribution in [0.15, 0.2) is 95.5 Å². The molecule has 50 heavy (non-hydrogen) atoms. The minimum atomic E-state index is 0. The number of aryl methyl sites for hydroxylation is 3. The fourth-order valence-electron chi connectivity index (χ4n) is 4.54. The van der Waals surface area contributed by atoms with Crippen LogP contribution in [0.4, 0.5) is 11.9 Å². The fourth-order valence-corrected chi connectivity index (χ4v) is 4.54. The highest BCUT2D eigenvalue weighted by Gasteiger charge is 2.04. The van der Waals surface area contributed by atoms with Crippen molar-refractivity contribution in [2.75, 3.05) is 18.0 Å². The van der Waals surface area contributed by atoms with E-state index in [4.69, 9.17) is 23.4 Å². The highest BCUT2D eigenvalue weighted by atomic mass is 35.5. The number of aromatic amines is 2. The van der Waals surface area contributed by atoms with Crippen molar-refractivity contribution in [2.24, 2.45) is 5.11 Å². The smallest absolute Gasteiger partial charge is 0.197 e. The standard InChI is InChI=1S/C18H22N6.C10H11N3.C8H11N3.2ClH/c1-14(10-15-6-3-2-4-7-15)12-24-13-17(22-23-24)9-5-8-16-11-20-18(19)21-16;1-9(8-12-13-11)7-10-5-3-2-4-6-10;1-2-3-4-5-7-6-10-8(9)11-7;;/h2-4,6-7,10-11,13H,5,8-9,12H2,1H3,(H3,19,20,21);2-7H,8H2,1H3;1,6H,3-5H2,(H3,9,10,11);2*1H/b14-10+;9-7+;;;. The lowest BCUT2D eigenvalue weighted by molar-refractivity contribution is 0.643. The van der Waals surface area contributed by atoms with Crippen LogP contribution in [0.2, 0.25) is 0 Å². The largest absolute Gasteiger partial charge is 0.369 e. The number of hydrogen-bond acceptors (Lipinski definition) is 7. The predicted octanol–water partition coefficient (Wildman–Crippen LogP) is 8.05. The maximum absolute atomic E-state index is 8.11. The van der Waals surface area contributed by atoms with Crippen molar-refractivity contribution in [2.45, 2.75) is 58.9 Å². The Labute approximate surface area is 306 Å². The fraction of sp³-hybridized carbons (Fsp3) is 0.278. The summed E-state index contributed by atoms with van der Waals surface area (Å²) >= 11 is 0. The van der Waals surface area contributed by atoms with Crippen molar-refractivity contribution in [3.8, 4) is 12.3 Å². The number of H-pyrrole nitrogens is 2. The Hall–Kier alpha value is -5.47. The number of rotatable bonds is 13. The number of aromatic nitrogens is 7. The van der Waals surface area contributed by atoms with Gasteiger partial charge in [-0.15, -0.1) is 42.3 Å². The normalized spacial score (nSPS) is 10.5. The van der Waals surface area contributed by atoms with Crippen molar-refractivity contribution in [3.63, 3.8) is 0 Å². The van der Waals surface area contributed by atoms with E-state index in [-0.39, 0.29) is 24.8 Å². The maximum atomic E-state index is 8.11. The second-order valence-corrected chi connectivity index (χ2v) is 11.1. The van der Waals surface area contributed by atoms with Gasteiger partial charge in [-0.2, -0.15) is 0 Å². The van der Waals surface area contributed by atoms with E-state index in [9.17, 15) is 0 Å². The molecule has 0 radical (unpaired) electrons. The van der Waals surface area contributed by atoms with E-state index in [0.717, 1.165) is 73.3 Å². The zero-order chi connectivity index (χ0) is 34.4. The zero-order valence-electron chi connectivity index (χ0n) is 28.4. The topological polar surface area (TPSA) is 189 Å². The maximum Gasteiger partial charge on any atom is 0.197 e. The number of nitrogen functional groups attached to an aromatic ring is 2. The number of imidazole rings is 2. The molecule has 0 amide bonds. The molecule has 2 aromatic carbocycles. The molecule has 3 heterocycles. The number of unbranched alkanes of at least 4 members (excludes halogenated alkanes) is 1. The van der Waals surface area contributed by atoms with Gasteiger partial charge in [0.1, 0.15) is 0 Å². The molecule has 12 nitrogen and oxygen atoms in total. The van der Waals surface area contributed by atoms with Crippen molar-refractivity contribution in [1.82, 2.24) is 34.9 Å². The second-order valence-electron chi connectivity index (χ2n) is 11.1. The summed E-state index contributed by atoms with van der Waals surface area (Å²) in [5.74, 6) is 3.52. The van der Waals surface area contributed by atoms with Crippen LogP contribution in [0.25, 0.3) is 22.6 Å². The quantitative estimate of drug-likeness (QED) is 0.0313. The summed E-state index contributed by atoms with van der Waals surface area (Å²) in [5.41, 5.74) is 26.8. The summed E-state index contributed by atoms with van der Waals surface area (Å²) in [5, 5.41) is 11.9. The first-order valence-corrected chi connectivity index (χ1v) is 15.7. The van der Waals surface area contributed by atoms with E-state index in [0.29, 0.717) is 18.4 Å². The van der Waals surface area contributed by atoms with Gasteiger partial charge in [-0.3, -0.25) is 0 Å². The number of anilines is 2. The van der Waals surface area contributed by atoms with Crippen molar-refractivity contribution >= 4 is 48.9 Å². The molecule has 5 rings (SSSR count). The van der Waals surface area contributed by atoms with Gasteiger partial charge in [-0.25, -0.2) is 14.6 Å². The lowest BCUT2D eigenvalue weighted by Gasteiger charge is -2.01. The summed E-state index contributed by atoms with van der Waals surface area (Å²) in [6.07, 6.45) is 20.3. The number of nitrogens with one attached hydrogen (secondary N) is 2. The van der Waals surface area contributed by atoms with Gasteiger partial charge < -0.3 is 21.4 Å². The zero-order valence-corrected chi connectivity index (χ0v) is 30.1. The number of benzene rings is 2. The van der Waals surface area contributed by atoms with Crippen LogP contribution in [-0.4, -0.2) is 41.5 Å². The molecule has 6 N–H and O–H groups in total. The van der Waals surface area contributed by atoms with Crippen LogP contribution < -0.4 is 11.5 Å². The minimum absolute atomic E-state index is 0. The number of nitrogens with two attached hydrogens (primary N) is 2. The molecule has 0 saturated carbocycles. The van der Waals surface area contributed by atoms with E-state index in [1.165, 1.54) is 11.1 Å². The van der Waals surface area contributed by atoms with Gasteiger partial charge in [-0.1, -0.05) is 94.3 Å². The summed E-state index contributed by atoms with van der Waals surface area (Å²) < 4.78 is 1.89. The predicted molar refractivity (Wildman–Crippen MR) is 209 cm³/mol. The first-order valence-electron chi connectivity index (χ1n) is 15.7. The van der Waals surface area contributed by atoms with Gasteiger partial charge in [-0.05, 0) is 62.6 Å². The summed E-state index contributed by atoms with van der Waals surface area (Å²) in [6.45, 7) is 5.24.